The summed E-state index contributed by atoms with van der Waals surface area (Å²) in [6.45, 7) is 4.77. The number of carbonyl (C=O) groups is 2. The van der Waals surface area contributed by atoms with Crippen LogP contribution in [0.25, 0.3) is 5.57 Å². The van der Waals surface area contributed by atoms with Gasteiger partial charge < -0.3 is 10.2 Å². The average molecular weight is 425 g/mol. The lowest BCUT2D eigenvalue weighted by Gasteiger charge is -2.27. The van der Waals surface area contributed by atoms with Gasteiger partial charge in [0.25, 0.3) is 0 Å². The molecule has 1 heterocycles. The molecule has 1 N–H and O–H groups in total. The number of halogens is 1. The molecule has 0 unspecified atom stereocenters. The van der Waals surface area contributed by atoms with Crippen molar-refractivity contribution in [2.45, 2.75) is 12.8 Å². The summed E-state index contributed by atoms with van der Waals surface area (Å²) < 4.78 is 1.06. The van der Waals surface area contributed by atoms with E-state index in [4.69, 9.17) is 0 Å². The molecule has 2 aromatic carbocycles. The maximum absolute atomic E-state index is 12.6. The molecule has 0 atom stereocenters. The van der Waals surface area contributed by atoms with E-state index in [1.54, 1.807) is 6.07 Å². The molecular weight excluding hydrogens is 404 g/mol. The summed E-state index contributed by atoms with van der Waals surface area (Å²) in [4.78, 5) is 25.9. The summed E-state index contributed by atoms with van der Waals surface area (Å²) >= 11 is 3.50. The lowest BCUT2D eigenvalue weighted by molar-refractivity contribution is -0.130. The molecule has 5 heteroatoms. The molecule has 3 rings (SSSR count). The summed E-state index contributed by atoms with van der Waals surface area (Å²) in [7, 11) is 0. The van der Waals surface area contributed by atoms with Gasteiger partial charge in [-0.05, 0) is 53.5 Å². The van der Waals surface area contributed by atoms with Crippen LogP contribution in [-0.4, -0.2) is 29.8 Å². The SMILES string of the molecule is C=CC(=O)Nc1cccc(CC(=O)N2CC=C(c3cccc(Br)c3)CC2)c1. The summed E-state index contributed by atoms with van der Waals surface area (Å²) in [5, 5.41) is 2.72. The van der Waals surface area contributed by atoms with Gasteiger partial charge in [-0.1, -0.05) is 52.9 Å². The molecule has 2 amide bonds. The standard InChI is InChI=1S/C22H21BrN2O2/c1-2-21(26)24-20-8-3-5-16(13-20)14-22(27)25-11-9-17(10-12-25)18-6-4-7-19(23)15-18/h2-9,13,15H,1,10-12,14H2,(H,24,26). The molecule has 0 fully saturated rings. The van der Waals surface area contributed by atoms with Crippen molar-refractivity contribution in [2.24, 2.45) is 0 Å². The summed E-state index contributed by atoms with van der Waals surface area (Å²) in [6, 6.07) is 15.6. The van der Waals surface area contributed by atoms with Crippen molar-refractivity contribution in [3.8, 4) is 0 Å². The first-order valence-corrected chi connectivity index (χ1v) is 9.59. The van der Waals surface area contributed by atoms with Gasteiger partial charge >= 0.3 is 0 Å². The lowest BCUT2D eigenvalue weighted by Crippen LogP contribution is -2.35. The molecule has 4 nitrogen and oxygen atoms in total. The summed E-state index contributed by atoms with van der Waals surface area (Å²) in [5.41, 5.74) is 4.01. The number of hydrogen-bond acceptors (Lipinski definition) is 2. The fraction of sp³-hybridized carbons (Fsp3) is 0.182. The maximum Gasteiger partial charge on any atom is 0.247 e. The first-order valence-electron chi connectivity index (χ1n) is 8.80. The number of anilines is 1. The summed E-state index contributed by atoms with van der Waals surface area (Å²) in [5.74, 6) is -0.175. The first kappa shape index (κ1) is 19.1. The number of carbonyl (C=O) groups excluding carboxylic acids is 2. The van der Waals surface area contributed by atoms with Crippen LogP contribution in [-0.2, 0) is 16.0 Å². The lowest BCUT2D eigenvalue weighted by atomic mass is 9.99. The maximum atomic E-state index is 12.6. The van der Waals surface area contributed by atoms with Gasteiger partial charge in [-0.25, -0.2) is 0 Å². The predicted octanol–water partition coefficient (Wildman–Crippen LogP) is 4.43. The molecule has 27 heavy (non-hydrogen) atoms. The molecule has 138 valence electrons. The van der Waals surface area contributed by atoms with Gasteiger partial charge in [-0.2, -0.15) is 0 Å². The largest absolute Gasteiger partial charge is 0.338 e. The average Bonchev–Trinajstić information content (AvgIpc) is 2.68. The van der Waals surface area contributed by atoms with Crippen molar-refractivity contribution < 1.29 is 9.59 Å². The van der Waals surface area contributed by atoms with Crippen molar-refractivity contribution in [3.63, 3.8) is 0 Å². The second-order valence-corrected chi connectivity index (χ2v) is 7.32. The summed E-state index contributed by atoms with van der Waals surface area (Å²) in [6.07, 6.45) is 4.51. The number of rotatable bonds is 5. The minimum atomic E-state index is -0.264. The van der Waals surface area contributed by atoms with E-state index in [1.165, 1.54) is 17.2 Å². The van der Waals surface area contributed by atoms with Gasteiger partial charge in [0.05, 0.1) is 6.42 Å². The highest BCUT2D eigenvalue weighted by atomic mass is 79.9. The number of amides is 2. The van der Waals surface area contributed by atoms with E-state index in [0.717, 1.165) is 16.5 Å². The topological polar surface area (TPSA) is 49.4 Å². The Labute approximate surface area is 167 Å². The highest BCUT2D eigenvalue weighted by Gasteiger charge is 2.18. The van der Waals surface area contributed by atoms with Crippen LogP contribution >= 0.6 is 15.9 Å². The van der Waals surface area contributed by atoms with Crippen LogP contribution in [0.1, 0.15) is 17.5 Å². The third-order valence-corrected chi connectivity index (χ3v) is 4.99. The Kier molecular flexibility index (Phi) is 6.24. The van der Waals surface area contributed by atoms with Crippen LogP contribution in [0.4, 0.5) is 5.69 Å². The van der Waals surface area contributed by atoms with Crippen LogP contribution in [0.2, 0.25) is 0 Å². The second kappa shape index (κ2) is 8.82. The Morgan fingerprint density at radius 2 is 2.00 bits per heavy atom. The molecule has 1 aliphatic heterocycles. The number of nitrogens with one attached hydrogen (secondary N) is 1. The first-order chi connectivity index (χ1) is 13.0. The minimum absolute atomic E-state index is 0.0896. The van der Waals surface area contributed by atoms with Crippen molar-refractivity contribution in [2.75, 3.05) is 18.4 Å². The molecule has 0 aromatic heterocycles. The molecule has 2 aromatic rings. The third-order valence-electron chi connectivity index (χ3n) is 4.49. The Hall–Kier alpha value is -2.66. The number of hydrogen-bond donors (Lipinski definition) is 1. The van der Waals surface area contributed by atoms with E-state index in [1.807, 2.05) is 35.2 Å². The molecule has 0 saturated carbocycles. The highest BCUT2D eigenvalue weighted by molar-refractivity contribution is 9.10. The van der Waals surface area contributed by atoms with Gasteiger partial charge in [0, 0.05) is 23.2 Å². The smallest absolute Gasteiger partial charge is 0.247 e. The molecule has 0 saturated heterocycles. The van der Waals surface area contributed by atoms with Crippen molar-refractivity contribution in [1.82, 2.24) is 4.90 Å². The number of benzene rings is 2. The monoisotopic (exact) mass is 424 g/mol. The van der Waals surface area contributed by atoms with Crippen LogP contribution in [0.15, 0.2) is 71.7 Å². The zero-order valence-electron chi connectivity index (χ0n) is 15.0. The number of nitrogens with zero attached hydrogens (tertiary/aromatic N) is 1. The van der Waals surface area contributed by atoms with Crippen LogP contribution in [0.3, 0.4) is 0 Å². The highest BCUT2D eigenvalue weighted by Crippen LogP contribution is 2.25. The van der Waals surface area contributed by atoms with Crippen molar-refractivity contribution in [3.05, 3.63) is 82.9 Å². The predicted molar refractivity (Wildman–Crippen MR) is 112 cm³/mol. The van der Waals surface area contributed by atoms with Gasteiger partial charge in [-0.3, -0.25) is 9.59 Å². The van der Waals surface area contributed by atoms with Crippen LogP contribution in [0.5, 0.6) is 0 Å². The van der Waals surface area contributed by atoms with E-state index >= 15 is 0 Å². The fourth-order valence-corrected chi connectivity index (χ4v) is 3.48. The normalized spacial score (nSPS) is 13.7. The van der Waals surface area contributed by atoms with E-state index < -0.39 is 0 Å². The van der Waals surface area contributed by atoms with E-state index in [-0.39, 0.29) is 11.8 Å². The van der Waals surface area contributed by atoms with Gasteiger partial charge in [0.1, 0.15) is 0 Å². The Morgan fingerprint density at radius 3 is 2.70 bits per heavy atom. The van der Waals surface area contributed by atoms with Crippen molar-refractivity contribution in [1.29, 1.82) is 0 Å². The molecule has 0 aliphatic carbocycles. The van der Waals surface area contributed by atoms with Crippen molar-refractivity contribution >= 4 is 39.0 Å². The zero-order chi connectivity index (χ0) is 19.2. The van der Waals surface area contributed by atoms with Crippen LogP contribution in [0, 0.1) is 0 Å². The Bertz CT molecular complexity index is 905. The quantitative estimate of drug-likeness (QED) is 0.721. The Balaban J connectivity index is 1.62. The molecule has 0 radical (unpaired) electrons. The van der Waals surface area contributed by atoms with Gasteiger partial charge in [-0.15, -0.1) is 0 Å². The Morgan fingerprint density at radius 1 is 1.19 bits per heavy atom. The molecule has 0 spiro atoms. The van der Waals surface area contributed by atoms with E-state index in [0.29, 0.717) is 25.2 Å². The van der Waals surface area contributed by atoms with E-state index in [2.05, 4.69) is 46.0 Å². The minimum Gasteiger partial charge on any atom is -0.338 e. The fourth-order valence-electron chi connectivity index (χ4n) is 3.08. The molecule has 1 aliphatic rings. The van der Waals surface area contributed by atoms with Gasteiger partial charge in [0.2, 0.25) is 11.8 Å². The zero-order valence-corrected chi connectivity index (χ0v) is 16.5. The molecular formula is C22H21BrN2O2. The van der Waals surface area contributed by atoms with Gasteiger partial charge in [0.15, 0.2) is 0 Å². The third kappa shape index (κ3) is 5.17. The van der Waals surface area contributed by atoms with Crippen LogP contribution < -0.4 is 5.32 Å². The second-order valence-electron chi connectivity index (χ2n) is 6.40. The molecule has 0 bridgehead atoms. The van der Waals surface area contributed by atoms with E-state index in [9.17, 15) is 9.59 Å².